The number of ether oxygens (including phenoxy) is 1. The Kier molecular flexibility index (Phi) is 6.50. The van der Waals surface area contributed by atoms with E-state index >= 15 is 0 Å². The maximum Gasteiger partial charge on any atom is 0.274 e. The number of hydrogen-bond donors (Lipinski definition) is 1. The van der Waals surface area contributed by atoms with Crippen molar-refractivity contribution in [2.75, 3.05) is 31.1 Å². The van der Waals surface area contributed by atoms with Crippen LogP contribution in [0.4, 0.5) is 5.13 Å². The van der Waals surface area contributed by atoms with Gasteiger partial charge in [0.05, 0.1) is 6.61 Å². The number of fused-ring (bicyclic) bond motifs is 1. The van der Waals surface area contributed by atoms with Crippen molar-refractivity contribution in [1.29, 1.82) is 0 Å². The van der Waals surface area contributed by atoms with Gasteiger partial charge in [-0.15, -0.1) is 5.10 Å². The fourth-order valence-corrected chi connectivity index (χ4v) is 4.58. The van der Waals surface area contributed by atoms with Crippen LogP contribution in [0.5, 0.6) is 5.75 Å². The standard InChI is InChI=1S/C22H27N5O3S/c1-3-30-17-6-4-16(5-7-17)8-11-23-20(29)18-14-19(28)24-21-27(18)25-22(31-21)26-12-9-15(2)10-13-26/h4-7,14-15H,3,8-13H2,1-2H3,(H,23,29). The summed E-state index contributed by atoms with van der Waals surface area (Å²) in [6.45, 7) is 7.14. The van der Waals surface area contributed by atoms with Gasteiger partial charge in [0, 0.05) is 25.7 Å². The van der Waals surface area contributed by atoms with Crippen molar-refractivity contribution in [3.05, 3.63) is 51.9 Å². The molecule has 3 aromatic rings. The molecule has 0 atom stereocenters. The SMILES string of the molecule is CCOc1ccc(CCNC(=O)c2cc(=O)nc3sc(N4CCC(C)CC4)nn23)cc1. The highest BCUT2D eigenvalue weighted by molar-refractivity contribution is 7.20. The number of carbonyl (C=O) groups excluding carboxylic acids is 1. The molecule has 0 radical (unpaired) electrons. The van der Waals surface area contributed by atoms with Crippen LogP contribution in [0.3, 0.4) is 0 Å². The molecule has 0 aliphatic carbocycles. The molecule has 2 aromatic heterocycles. The lowest BCUT2D eigenvalue weighted by atomic mass is 10.00. The van der Waals surface area contributed by atoms with E-state index in [0.29, 0.717) is 30.5 Å². The maximum absolute atomic E-state index is 12.8. The van der Waals surface area contributed by atoms with E-state index in [1.54, 1.807) is 0 Å². The first-order chi connectivity index (χ1) is 15.0. The number of rotatable bonds is 7. The Balaban J connectivity index is 1.45. The van der Waals surface area contributed by atoms with Crippen LogP contribution < -0.4 is 20.5 Å². The normalized spacial score (nSPS) is 14.7. The number of amides is 1. The summed E-state index contributed by atoms with van der Waals surface area (Å²) in [5.41, 5.74) is 0.879. The maximum atomic E-state index is 12.8. The van der Waals surface area contributed by atoms with Gasteiger partial charge in [-0.1, -0.05) is 30.4 Å². The lowest BCUT2D eigenvalue weighted by Gasteiger charge is -2.29. The molecule has 31 heavy (non-hydrogen) atoms. The van der Waals surface area contributed by atoms with Gasteiger partial charge in [0.2, 0.25) is 10.1 Å². The molecule has 0 saturated carbocycles. The van der Waals surface area contributed by atoms with Crippen molar-refractivity contribution >= 4 is 27.3 Å². The molecule has 3 heterocycles. The number of nitrogens with one attached hydrogen (secondary N) is 1. The molecule has 1 aromatic carbocycles. The molecule has 1 N–H and O–H groups in total. The molecule has 0 spiro atoms. The first-order valence-electron chi connectivity index (χ1n) is 10.7. The van der Waals surface area contributed by atoms with Gasteiger partial charge < -0.3 is 15.0 Å². The van der Waals surface area contributed by atoms with Crippen molar-refractivity contribution in [3.8, 4) is 5.75 Å². The molecule has 1 fully saturated rings. The summed E-state index contributed by atoms with van der Waals surface area (Å²) in [6, 6.07) is 9.06. The average Bonchev–Trinajstić information content (AvgIpc) is 3.19. The Bertz CT molecular complexity index is 1100. The predicted octanol–water partition coefficient (Wildman–Crippen LogP) is 2.76. The van der Waals surface area contributed by atoms with Crippen molar-refractivity contribution in [3.63, 3.8) is 0 Å². The molecule has 1 amide bonds. The van der Waals surface area contributed by atoms with Crippen LogP contribution in [0.1, 0.15) is 42.7 Å². The summed E-state index contributed by atoms with van der Waals surface area (Å²) in [4.78, 5) is 31.6. The summed E-state index contributed by atoms with van der Waals surface area (Å²) in [5, 5.41) is 8.30. The van der Waals surface area contributed by atoms with Gasteiger partial charge in [-0.3, -0.25) is 9.59 Å². The summed E-state index contributed by atoms with van der Waals surface area (Å²) >= 11 is 1.35. The summed E-state index contributed by atoms with van der Waals surface area (Å²) in [7, 11) is 0. The quantitative estimate of drug-likeness (QED) is 0.607. The number of benzene rings is 1. The summed E-state index contributed by atoms with van der Waals surface area (Å²) in [6.07, 6.45) is 2.90. The van der Waals surface area contributed by atoms with E-state index in [1.165, 1.54) is 21.9 Å². The number of carbonyl (C=O) groups is 1. The van der Waals surface area contributed by atoms with E-state index in [0.717, 1.165) is 42.4 Å². The van der Waals surface area contributed by atoms with E-state index in [4.69, 9.17) is 4.74 Å². The molecule has 1 saturated heterocycles. The Morgan fingerprint density at radius 2 is 2.00 bits per heavy atom. The number of aromatic nitrogens is 3. The average molecular weight is 442 g/mol. The molecule has 8 nitrogen and oxygen atoms in total. The van der Waals surface area contributed by atoms with Gasteiger partial charge in [-0.05, 0) is 49.8 Å². The first kappa shape index (κ1) is 21.3. The minimum atomic E-state index is -0.431. The van der Waals surface area contributed by atoms with Gasteiger partial charge >= 0.3 is 0 Å². The molecule has 9 heteroatoms. The largest absolute Gasteiger partial charge is 0.494 e. The Morgan fingerprint density at radius 1 is 1.26 bits per heavy atom. The van der Waals surface area contributed by atoms with E-state index in [1.807, 2.05) is 31.2 Å². The number of anilines is 1. The third-order valence-corrected chi connectivity index (χ3v) is 6.43. The van der Waals surface area contributed by atoms with E-state index in [9.17, 15) is 9.59 Å². The topological polar surface area (TPSA) is 88.8 Å². The molecule has 1 aliphatic rings. The molecule has 0 bridgehead atoms. The summed E-state index contributed by atoms with van der Waals surface area (Å²) < 4.78 is 6.94. The van der Waals surface area contributed by atoms with Gasteiger partial charge in [0.15, 0.2) is 0 Å². The predicted molar refractivity (Wildman–Crippen MR) is 121 cm³/mol. The zero-order valence-corrected chi connectivity index (χ0v) is 18.7. The van der Waals surface area contributed by atoms with Crippen LogP contribution in [-0.4, -0.2) is 46.7 Å². The lowest BCUT2D eigenvalue weighted by molar-refractivity contribution is 0.0946. The van der Waals surface area contributed by atoms with E-state index in [2.05, 4.69) is 27.2 Å². The van der Waals surface area contributed by atoms with Gasteiger partial charge in [-0.2, -0.15) is 9.50 Å². The second kappa shape index (κ2) is 9.47. The summed E-state index contributed by atoms with van der Waals surface area (Å²) in [5.74, 6) is 1.21. The fraction of sp³-hybridized carbons (Fsp3) is 0.455. The van der Waals surface area contributed by atoms with Gasteiger partial charge in [-0.25, -0.2) is 0 Å². The molecule has 4 rings (SSSR count). The highest BCUT2D eigenvalue weighted by atomic mass is 32.1. The fourth-order valence-electron chi connectivity index (χ4n) is 3.62. The van der Waals surface area contributed by atoms with Crippen LogP contribution in [0.25, 0.3) is 4.96 Å². The number of hydrogen-bond acceptors (Lipinski definition) is 7. The molecule has 0 unspecified atom stereocenters. The Labute approximate surface area is 184 Å². The van der Waals surface area contributed by atoms with Gasteiger partial charge in [0.1, 0.15) is 11.4 Å². The second-order valence-corrected chi connectivity index (χ2v) is 8.75. The van der Waals surface area contributed by atoms with Crippen LogP contribution in [-0.2, 0) is 6.42 Å². The number of nitrogens with zero attached hydrogens (tertiary/aromatic N) is 4. The van der Waals surface area contributed by atoms with E-state index < -0.39 is 5.56 Å². The van der Waals surface area contributed by atoms with E-state index in [-0.39, 0.29) is 11.6 Å². The zero-order chi connectivity index (χ0) is 21.8. The van der Waals surface area contributed by atoms with Crippen LogP contribution >= 0.6 is 11.3 Å². The van der Waals surface area contributed by atoms with Gasteiger partial charge in [0.25, 0.3) is 11.5 Å². The number of piperidine rings is 1. The van der Waals surface area contributed by atoms with Crippen LogP contribution in [0.15, 0.2) is 35.1 Å². The van der Waals surface area contributed by atoms with Crippen molar-refractivity contribution in [2.45, 2.75) is 33.1 Å². The Hall–Kier alpha value is -2.94. The molecule has 164 valence electrons. The molecular weight excluding hydrogens is 414 g/mol. The van der Waals surface area contributed by atoms with Crippen molar-refractivity contribution < 1.29 is 9.53 Å². The van der Waals surface area contributed by atoms with Crippen LogP contribution in [0.2, 0.25) is 0 Å². The molecule has 1 aliphatic heterocycles. The zero-order valence-electron chi connectivity index (χ0n) is 17.8. The smallest absolute Gasteiger partial charge is 0.274 e. The first-order valence-corrected chi connectivity index (χ1v) is 11.5. The Morgan fingerprint density at radius 3 is 2.71 bits per heavy atom. The van der Waals surface area contributed by atoms with Crippen molar-refractivity contribution in [1.82, 2.24) is 19.9 Å². The highest BCUT2D eigenvalue weighted by Gasteiger charge is 2.21. The highest BCUT2D eigenvalue weighted by Crippen LogP contribution is 2.27. The minimum Gasteiger partial charge on any atom is -0.494 e. The third-order valence-electron chi connectivity index (χ3n) is 5.46. The minimum absolute atomic E-state index is 0.217. The lowest BCUT2D eigenvalue weighted by Crippen LogP contribution is -2.33. The van der Waals surface area contributed by atoms with Crippen molar-refractivity contribution in [2.24, 2.45) is 5.92 Å². The second-order valence-electron chi connectivity index (χ2n) is 7.81. The molecular formula is C22H27N5O3S. The van der Waals surface area contributed by atoms with Crippen LogP contribution in [0, 0.1) is 5.92 Å². The third kappa shape index (κ3) is 5.04. The monoisotopic (exact) mass is 441 g/mol.